The van der Waals surface area contributed by atoms with Gasteiger partial charge in [-0.1, -0.05) is 49.3 Å². The van der Waals surface area contributed by atoms with Gasteiger partial charge in [-0.3, -0.25) is 14.4 Å². The van der Waals surface area contributed by atoms with Crippen molar-refractivity contribution in [3.63, 3.8) is 0 Å². The number of aromatic nitrogens is 1. The third-order valence-electron chi connectivity index (χ3n) is 7.65. The fourth-order valence-corrected chi connectivity index (χ4v) is 5.79. The molecule has 194 valence electrons. The molecule has 1 N–H and O–H groups in total. The molecule has 3 aromatic rings. The number of likely N-dealkylation sites (N-methyl/N-ethyl adjacent to an activating group) is 1. The van der Waals surface area contributed by atoms with Crippen LogP contribution in [-0.2, 0) is 27.2 Å². The summed E-state index contributed by atoms with van der Waals surface area (Å²) in [6.07, 6.45) is 1.89. The summed E-state index contributed by atoms with van der Waals surface area (Å²) in [6, 6.07) is 11.2. The highest BCUT2D eigenvalue weighted by atomic mass is 16.5. The zero-order valence-electron chi connectivity index (χ0n) is 22.0. The van der Waals surface area contributed by atoms with E-state index in [9.17, 15) is 14.4 Å². The molecule has 1 aliphatic carbocycles. The van der Waals surface area contributed by atoms with Crippen LogP contribution in [0, 0.1) is 18.8 Å². The molecule has 3 atom stereocenters. The van der Waals surface area contributed by atoms with E-state index in [1.54, 1.807) is 31.1 Å². The molecule has 8 heteroatoms. The number of fused-ring (bicyclic) bond motifs is 2. The second kappa shape index (κ2) is 9.65. The van der Waals surface area contributed by atoms with Crippen molar-refractivity contribution in [3.05, 3.63) is 64.8 Å². The number of rotatable bonds is 6. The molecular formula is C29H34N4O4. The molecule has 0 radical (unpaired) electrons. The molecule has 1 unspecified atom stereocenters. The first kappa shape index (κ1) is 25.0. The van der Waals surface area contributed by atoms with Crippen LogP contribution in [0.1, 0.15) is 48.7 Å². The van der Waals surface area contributed by atoms with Crippen LogP contribution in [0.3, 0.4) is 0 Å². The molecule has 5 rings (SSSR count). The number of hydrogen-bond donors (Lipinski definition) is 1. The number of carbonyl (C=O) groups is 3. The lowest BCUT2D eigenvalue weighted by atomic mass is 9.87. The van der Waals surface area contributed by atoms with E-state index in [0.717, 1.165) is 5.39 Å². The van der Waals surface area contributed by atoms with Gasteiger partial charge in [0.15, 0.2) is 5.58 Å². The topological polar surface area (TPSA) is 95.8 Å². The van der Waals surface area contributed by atoms with Crippen LogP contribution in [-0.4, -0.2) is 58.9 Å². The molecule has 0 saturated carbocycles. The summed E-state index contributed by atoms with van der Waals surface area (Å²) in [4.78, 5) is 44.8. The predicted molar refractivity (Wildman–Crippen MR) is 140 cm³/mol. The van der Waals surface area contributed by atoms with E-state index in [2.05, 4.69) is 22.6 Å². The SMILES string of the molecule is Cc1noc2ccc([C@H](C(=O)N(C)C)N3C(=O)C(C4Cc5ccccc5C4)NC(=O)[C@H]3CC(C)C)cc12. The second-order valence-corrected chi connectivity index (χ2v) is 11.0. The number of benzene rings is 2. The van der Waals surface area contributed by atoms with Crippen LogP contribution in [0.2, 0.25) is 0 Å². The Hall–Kier alpha value is -3.68. The van der Waals surface area contributed by atoms with Crippen molar-refractivity contribution in [2.24, 2.45) is 11.8 Å². The number of piperazine rings is 1. The van der Waals surface area contributed by atoms with Gasteiger partial charge in [-0.25, -0.2) is 0 Å². The molecule has 37 heavy (non-hydrogen) atoms. The number of amides is 3. The van der Waals surface area contributed by atoms with E-state index in [-0.39, 0.29) is 29.6 Å². The minimum absolute atomic E-state index is 0.0609. The van der Waals surface area contributed by atoms with Crippen molar-refractivity contribution in [2.45, 2.75) is 58.2 Å². The third kappa shape index (κ3) is 4.49. The van der Waals surface area contributed by atoms with E-state index in [1.807, 2.05) is 39.0 Å². The van der Waals surface area contributed by atoms with Crippen LogP contribution >= 0.6 is 0 Å². The molecule has 3 amide bonds. The number of carbonyl (C=O) groups excluding carboxylic acids is 3. The highest BCUT2D eigenvalue weighted by Gasteiger charge is 2.49. The molecule has 2 aliphatic rings. The van der Waals surface area contributed by atoms with Crippen molar-refractivity contribution in [2.75, 3.05) is 14.1 Å². The van der Waals surface area contributed by atoms with Crippen LogP contribution < -0.4 is 5.32 Å². The maximum Gasteiger partial charge on any atom is 0.249 e. The van der Waals surface area contributed by atoms with Gasteiger partial charge in [0.05, 0.1) is 5.69 Å². The standard InChI is InChI=1S/C29H34N4O4/c1-16(2)12-23-27(34)30-25(21-13-18-8-6-7-9-19(18)14-21)28(35)33(23)26(29(36)32(4)5)20-10-11-24-22(15-20)17(3)31-37-24/h6-11,15-16,21,23,25-26H,12-14H2,1-5H3,(H,30,34)/t23-,25?,26-/m1/s1. The Morgan fingerprint density at radius 1 is 1.14 bits per heavy atom. The van der Waals surface area contributed by atoms with Gasteiger partial charge in [0, 0.05) is 19.5 Å². The maximum absolute atomic E-state index is 14.3. The van der Waals surface area contributed by atoms with E-state index in [1.165, 1.54) is 16.0 Å². The molecule has 0 bridgehead atoms. The number of nitrogens with zero attached hydrogens (tertiary/aromatic N) is 3. The Labute approximate surface area is 217 Å². The Morgan fingerprint density at radius 2 is 1.81 bits per heavy atom. The molecule has 1 aliphatic heterocycles. The first-order valence-corrected chi connectivity index (χ1v) is 12.9. The van der Waals surface area contributed by atoms with Crippen molar-refractivity contribution in [1.82, 2.24) is 20.3 Å². The quantitative estimate of drug-likeness (QED) is 0.557. The number of nitrogens with one attached hydrogen (secondary N) is 1. The molecule has 1 aromatic heterocycles. The van der Waals surface area contributed by atoms with E-state index in [0.29, 0.717) is 36.1 Å². The minimum Gasteiger partial charge on any atom is -0.356 e. The van der Waals surface area contributed by atoms with Gasteiger partial charge in [-0.2, -0.15) is 0 Å². The summed E-state index contributed by atoms with van der Waals surface area (Å²) in [7, 11) is 3.35. The van der Waals surface area contributed by atoms with Crippen LogP contribution in [0.25, 0.3) is 11.0 Å². The summed E-state index contributed by atoms with van der Waals surface area (Å²) >= 11 is 0. The lowest BCUT2D eigenvalue weighted by Crippen LogP contribution is -2.67. The fraction of sp³-hybridized carbons (Fsp3) is 0.448. The third-order valence-corrected chi connectivity index (χ3v) is 7.65. The Balaban J connectivity index is 1.59. The molecule has 8 nitrogen and oxygen atoms in total. The summed E-state index contributed by atoms with van der Waals surface area (Å²) in [5.41, 5.74) is 4.37. The summed E-state index contributed by atoms with van der Waals surface area (Å²) < 4.78 is 5.37. The highest BCUT2D eigenvalue weighted by molar-refractivity contribution is 6.00. The summed E-state index contributed by atoms with van der Waals surface area (Å²) in [6.45, 7) is 5.88. The van der Waals surface area contributed by atoms with Gasteiger partial charge in [0.2, 0.25) is 17.7 Å². The minimum atomic E-state index is -0.942. The van der Waals surface area contributed by atoms with Crippen molar-refractivity contribution in [1.29, 1.82) is 0 Å². The van der Waals surface area contributed by atoms with E-state index >= 15 is 0 Å². The molecule has 2 aromatic carbocycles. The summed E-state index contributed by atoms with van der Waals surface area (Å²) in [5, 5.41) is 7.88. The van der Waals surface area contributed by atoms with Gasteiger partial charge in [0.25, 0.3) is 0 Å². The highest BCUT2D eigenvalue weighted by Crippen LogP contribution is 2.36. The maximum atomic E-state index is 14.3. The zero-order chi connectivity index (χ0) is 26.4. The first-order valence-electron chi connectivity index (χ1n) is 12.9. The zero-order valence-corrected chi connectivity index (χ0v) is 22.0. The Kier molecular flexibility index (Phi) is 6.52. The molecule has 2 heterocycles. The Bertz CT molecular complexity index is 1340. The van der Waals surface area contributed by atoms with Crippen molar-refractivity contribution in [3.8, 4) is 0 Å². The Morgan fingerprint density at radius 3 is 2.43 bits per heavy atom. The normalized spacial score (nSPS) is 20.9. The van der Waals surface area contributed by atoms with Crippen molar-refractivity contribution >= 4 is 28.7 Å². The van der Waals surface area contributed by atoms with Crippen LogP contribution in [0.4, 0.5) is 0 Å². The molecule has 1 saturated heterocycles. The average molecular weight is 503 g/mol. The number of aryl methyl sites for hydroxylation is 1. The first-order chi connectivity index (χ1) is 17.7. The number of hydrogen-bond acceptors (Lipinski definition) is 5. The molecule has 0 spiro atoms. The summed E-state index contributed by atoms with van der Waals surface area (Å²) in [5.74, 6) is -0.567. The molecular weight excluding hydrogens is 468 g/mol. The fourth-order valence-electron chi connectivity index (χ4n) is 5.79. The van der Waals surface area contributed by atoms with Crippen LogP contribution in [0.5, 0.6) is 0 Å². The van der Waals surface area contributed by atoms with Gasteiger partial charge < -0.3 is 19.6 Å². The van der Waals surface area contributed by atoms with Gasteiger partial charge in [-0.15, -0.1) is 0 Å². The van der Waals surface area contributed by atoms with Gasteiger partial charge in [-0.05, 0) is 66.8 Å². The van der Waals surface area contributed by atoms with Crippen LogP contribution in [0.15, 0.2) is 47.0 Å². The molecule has 1 fully saturated rings. The lowest BCUT2D eigenvalue weighted by molar-refractivity contribution is -0.159. The average Bonchev–Trinajstić information content (AvgIpc) is 3.46. The lowest BCUT2D eigenvalue weighted by Gasteiger charge is -2.45. The monoisotopic (exact) mass is 502 g/mol. The predicted octanol–water partition coefficient (Wildman–Crippen LogP) is 3.42. The van der Waals surface area contributed by atoms with Gasteiger partial charge in [0.1, 0.15) is 18.1 Å². The largest absolute Gasteiger partial charge is 0.356 e. The second-order valence-electron chi connectivity index (χ2n) is 11.0. The van der Waals surface area contributed by atoms with E-state index < -0.39 is 18.1 Å². The van der Waals surface area contributed by atoms with E-state index in [4.69, 9.17) is 4.52 Å². The van der Waals surface area contributed by atoms with Crippen molar-refractivity contribution < 1.29 is 18.9 Å². The smallest absolute Gasteiger partial charge is 0.249 e. The van der Waals surface area contributed by atoms with Gasteiger partial charge >= 0.3 is 0 Å².